The van der Waals surface area contributed by atoms with Gasteiger partial charge in [0.05, 0.1) is 5.60 Å². The van der Waals surface area contributed by atoms with Crippen molar-refractivity contribution in [3.8, 4) is 5.75 Å². The minimum absolute atomic E-state index is 0.0396. The van der Waals surface area contributed by atoms with E-state index in [9.17, 15) is 14.7 Å². The molecule has 1 aliphatic carbocycles. The van der Waals surface area contributed by atoms with Crippen LogP contribution in [0.5, 0.6) is 5.75 Å². The largest absolute Gasteiger partial charge is 0.489 e. The normalized spacial score (nSPS) is 21.9. The predicted molar refractivity (Wildman–Crippen MR) is 142 cm³/mol. The van der Waals surface area contributed by atoms with Crippen LogP contribution in [0.15, 0.2) is 56.1 Å². The zero-order valence-corrected chi connectivity index (χ0v) is 22.2. The fourth-order valence-corrected chi connectivity index (χ4v) is 6.18. The van der Waals surface area contributed by atoms with Gasteiger partial charge in [-0.15, -0.1) is 0 Å². The summed E-state index contributed by atoms with van der Waals surface area (Å²) in [6.07, 6.45) is 5.24. The molecule has 0 unspecified atom stereocenters. The Morgan fingerprint density at radius 2 is 2.08 bits per heavy atom. The van der Waals surface area contributed by atoms with Crippen LogP contribution in [-0.2, 0) is 17.8 Å². The van der Waals surface area contributed by atoms with Crippen LogP contribution in [0.1, 0.15) is 55.2 Å². The van der Waals surface area contributed by atoms with Gasteiger partial charge in [-0.05, 0) is 68.0 Å². The summed E-state index contributed by atoms with van der Waals surface area (Å²) in [6.45, 7) is 3.51. The molecular formula is C29H32BrNO5. The summed E-state index contributed by atoms with van der Waals surface area (Å²) in [5.41, 5.74) is 1.89. The zero-order valence-electron chi connectivity index (χ0n) is 20.6. The molecule has 2 fully saturated rings. The number of carbonyl (C=O) groups is 1. The molecule has 0 spiro atoms. The Bertz CT molecular complexity index is 1330. The molecule has 0 bridgehead atoms. The number of hydrogen-bond donors (Lipinski definition) is 1. The molecule has 1 N–H and O–H groups in total. The van der Waals surface area contributed by atoms with Gasteiger partial charge in [0.15, 0.2) is 0 Å². The number of benzene rings is 2. The summed E-state index contributed by atoms with van der Waals surface area (Å²) >= 11 is 3.46. The van der Waals surface area contributed by atoms with E-state index in [4.69, 9.17) is 9.15 Å². The summed E-state index contributed by atoms with van der Waals surface area (Å²) in [5.74, 6) is 0.829. The number of hydrogen-bond acceptors (Lipinski definition) is 5. The van der Waals surface area contributed by atoms with Crippen LogP contribution in [0.3, 0.4) is 0 Å². The lowest BCUT2D eigenvalue weighted by Crippen LogP contribution is -2.54. The Morgan fingerprint density at radius 1 is 1.22 bits per heavy atom. The van der Waals surface area contributed by atoms with Gasteiger partial charge in [-0.1, -0.05) is 40.9 Å². The van der Waals surface area contributed by atoms with Gasteiger partial charge in [0.25, 0.3) is 0 Å². The second kappa shape index (κ2) is 10.4. The Kier molecular flexibility index (Phi) is 7.22. The summed E-state index contributed by atoms with van der Waals surface area (Å²) in [5, 5.41) is 11.7. The first-order valence-electron chi connectivity index (χ1n) is 12.8. The second-order valence-electron chi connectivity index (χ2n) is 10.2. The summed E-state index contributed by atoms with van der Waals surface area (Å²) in [7, 11) is 0. The molecule has 1 amide bonds. The lowest BCUT2D eigenvalue weighted by Gasteiger charge is -2.47. The van der Waals surface area contributed by atoms with Crippen molar-refractivity contribution in [2.75, 3.05) is 13.1 Å². The van der Waals surface area contributed by atoms with Crippen molar-refractivity contribution in [1.82, 2.24) is 4.90 Å². The van der Waals surface area contributed by atoms with Crippen molar-refractivity contribution in [3.05, 3.63) is 74.0 Å². The number of rotatable bonds is 6. The molecule has 3 aromatic rings. The Balaban J connectivity index is 1.25. The van der Waals surface area contributed by atoms with Gasteiger partial charge in [-0.3, -0.25) is 4.79 Å². The van der Waals surface area contributed by atoms with Gasteiger partial charge in [0.1, 0.15) is 17.9 Å². The number of halogens is 1. The first-order valence-corrected chi connectivity index (χ1v) is 13.6. The van der Waals surface area contributed by atoms with E-state index >= 15 is 0 Å². The van der Waals surface area contributed by atoms with Gasteiger partial charge in [-0.25, -0.2) is 4.79 Å². The molecule has 2 aromatic carbocycles. The average Bonchev–Trinajstić information content (AvgIpc) is 2.86. The van der Waals surface area contributed by atoms with Crippen molar-refractivity contribution in [1.29, 1.82) is 0 Å². The molecule has 1 saturated carbocycles. The maximum atomic E-state index is 13.0. The summed E-state index contributed by atoms with van der Waals surface area (Å²) < 4.78 is 12.5. The van der Waals surface area contributed by atoms with Crippen LogP contribution in [0.25, 0.3) is 11.0 Å². The number of amides is 1. The number of piperidine rings is 1. The van der Waals surface area contributed by atoms with Crippen LogP contribution >= 0.6 is 15.9 Å². The van der Waals surface area contributed by atoms with E-state index in [0.29, 0.717) is 49.4 Å². The molecule has 190 valence electrons. The van der Waals surface area contributed by atoms with Gasteiger partial charge < -0.3 is 19.2 Å². The molecule has 36 heavy (non-hydrogen) atoms. The van der Waals surface area contributed by atoms with Crippen LogP contribution < -0.4 is 10.4 Å². The van der Waals surface area contributed by atoms with Crippen LogP contribution in [0.2, 0.25) is 0 Å². The van der Waals surface area contributed by atoms with Crippen LogP contribution in [-0.4, -0.2) is 34.6 Å². The highest BCUT2D eigenvalue weighted by Crippen LogP contribution is 2.40. The van der Waals surface area contributed by atoms with E-state index in [-0.39, 0.29) is 18.2 Å². The first kappa shape index (κ1) is 25.0. The highest BCUT2D eigenvalue weighted by Gasteiger charge is 2.43. The van der Waals surface area contributed by atoms with Crippen molar-refractivity contribution in [2.24, 2.45) is 5.92 Å². The third-order valence-electron chi connectivity index (χ3n) is 7.92. The van der Waals surface area contributed by atoms with Crippen molar-refractivity contribution in [2.45, 2.75) is 64.1 Å². The number of aryl methyl sites for hydroxylation is 1. The maximum absolute atomic E-state index is 13.0. The third kappa shape index (κ3) is 5.23. The molecule has 2 aliphatic rings. The number of aliphatic hydroxyl groups is 1. The van der Waals surface area contributed by atoms with E-state index in [1.54, 1.807) is 6.07 Å². The molecule has 7 heteroatoms. The van der Waals surface area contributed by atoms with E-state index in [1.165, 1.54) is 0 Å². The van der Waals surface area contributed by atoms with Crippen molar-refractivity contribution in [3.63, 3.8) is 0 Å². The number of fused-ring (bicyclic) bond motifs is 2. The molecule has 1 aliphatic heterocycles. The summed E-state index contributed by atoms with van der Waals surface area (Å²) in [4.78, 5) is 27.7. The molecule has 0 radical (unpaired) electrons. The topological polar surface area (TPSA) is 80.0 Å². The van der Waals surface area contributed by atoms with Gasteiger partial charge in [-0.2, -0.15) is 0 Å². The first-order chi connectivity index (χ1) is 17.3. The Morgan fingerprint density at radius 3 is 2.92 bits per heavy atom. The molecule has 6 nitrogen and oxygen atoms in total. The SMILES string of the molecule is Cc1c(CCC(=O)N2CC[C@]3(O)CCCC[C@@H]3C2)c(=O)oc2cc(OCc3cccc(Br)c3)ccc12. The lowest BCUT2D eigenvalue weighted by atomic mass is 9.71. The van der Waals surface area contributed by atoms with Crippen LogP contribution in [0, 0.1) is 12.8 Å². The minimum Gasteiger partial charge on any atom is -0.489 e. The number of carbonyl (C=O) groups excluding carboxylic acids is 1. The number of nitrogens with zero attached hydrogens (tertiary/aromatic N) is 1. The number of likely N-dealkylation sites (tertiary alicyclic amines) is 1. The fraction of sp³-hybridized carbons (Fsp3) is 0.448. The third-order valence-corrected chi connectivity index (χ3v) is 8.42. The molecule has 5 rings (SSSR count). The van der Waals surface area contributed by atoms with Crippen molar-refractivity contribution < 1.29 is 19.1 Å². The molecule has 2 heterocycles. The Hall–Kier alpha value is -2.64. The van der Waals surface area contributed by atoms with Crippen LogP contribution in [0.4, 0.5) is 0 Å². The monoisotopic (exact) mass is 553 g/mol. The lowest BCUT2D eigenvalue weighted by molar-refractivity contribution is -0.143. The van der Waals surface area contributed by atoms with E-state index in [1.807, 2.05) is 48.2 Å². The average molecular weight is 554 g/mol. The second-order valence-corrected chi connectivity index (χ2v) is 11.1. The summed E-state index contributed by atoms with van der Waals surface area (Å²) in [6, 6.07) is 13.4. The zero-order chi connectivity index (χ0) is 25.3. The van der Waals surface area contributed by atoms with Gasteiger partial charge >= 0.3 is 5.63 Å². The van der Waals surface area contributed by atoms with E-state index in [0.717, 1.165) is 46.7 Å². The fourth-order valence-electron chi connectivity index (χ4n) is 5.73. The quantitative estimate of drug-likeness (QED) is 0.406. The van der Waals surface area contributed by atoms with Gasteiger partial charge in [0, 0.05) is 46.9 Å². The molecule has 1 aromatic heterocycles. The minimum atomic E-state index is -0.606. The van der Waals surface area contributed by atoms with Crippen molar-refractivity contribution >= 4 is 32.8 Å². The highest BCUT2D eigenvalue weighted by atomic mass is 79.9. The van der Waals surface area contributed by atoms with Gasteiger partial charge in [0.2, 0.25) is 5.91 Å². The highest BCUT2D eigenvalue weighted by molar-refractivity contribution is 9.10. The molecule has 1 saturated heterocycles. The molecule has 2 atom stereocenters. The number of ether oxygens (including phenoxy) is 1. The predicted octanol–water partition coefficient (Wildman–Crippen LogP) is 5.53. The van der Waals surface area contributed by atoms with E-state index < -0.39 is 11.2 Å². The Labute approximate surface area is 219 Å². The maximum Gasteiger partial charge on any atom is 0.339 e. The smallest absolute Gasteiger partial charge is 0.339 e. The molecular weight excluding hydrogens is 522 g/mol. The standard InChI is InChI=1S/C29H32BrNO5/c1-19-24-9-8-23(35-18-20-5-4-7-22(30)15-20)16-26(24)36-28(33)25(19)10-11-27(32)31-14-13-29(34)12-3-2-6-21(29)17-31/h4-5,7-9,15-16,21,34H,2-3,6,10-14,17-18H2,1H3/t21-,29-/m1/s1. The van der Waals surface area contributed by atoms with E-state index in [2.05, 4.69) is 15.9 Å².